The lowest BCUT2D eigenvalue weighted by Crippen LogP contribution is -2.17. The summed E-state index contributed by atoms with van der Waals surface area (Å²) in [4.78, 5) is 0. The Morgan fingerprint density at radius 1 is 1.46 bits per heavy atom. The van der Waals surface area contributed by atoms with Crippen molar-refractivity contribution in [2.45, 2.75) is 25.3 Å². The molecule has 1 aromatic carbocycles. The molecule has 0 unspecified atom stereocenters. The summed E-state index contributed by atoms with van der Waals surface area (Å²) in [7, 11) is 0. The molecule has 1 aliphatic rings. The molecule has 2 heteroatoms. The van der Waals surface area contributed by atoms with E-state index in [1.165, 1.54) is 16.5 Å². The van der Waals surface area contributed by atoms with E-state index >= 15 is 0 Å². The summed E-state index contributed by atoms with van der Waals surface area (Å²) < 4.78 is 1.23. The van der Waals surface area contributed by atoms with Gasteiger partial charge < -0.3 is 5.73 Å². The third-order valence-corrected chi connectivity index (χ3v) is 3.54. The van der Waals surface area contributed by atoms with E-state index in [9.17, 15) is 0 Å². The average molecular weight is 240 g/mol. The van der Waals surface area contributed by atoms with Crippen molar-refractivity contribution in [2.75, 3.05) is 0 Å². The summed E-state index contributed by atoms with van der Waals surface area (Å²) in [6.45, 7) is 2.10. The SMILES string of the molecule is C[C@H](N)[C@@H]1C[C@H]1c1ccccc1Br. The van der Waals surface area contributed by atoms with Gasteiger partial charge in [0.05, 0.1) is 0 Å². The number of nitrogens with two attached hydrogens (primary N) is 1. The topological polar surface area (TPSA) is 26.0 Å². The van der Waals surface area contributed by atoms with Crippen LogP contribution < -0.4 is 5.73 Å². The van der Waals surface area contributed by atoms with Crippen LogP contribution in [0.5, 0.6) is 0 Å². The maximum Gasteiger partial charge on any atom is 0.0210 e. The Morgan fingerprint density at radius 2 is 2.15 bits per heavy atom. The molecule has 0 amide bonds. The van der Waals surface area contributed by atoms with Crippen molar-refractivity contribution in [3.05, 3.63) is 34.3 Å². The number of rotatable bonds is 2. The van der Waals surface area contributed by atoms with E-state index in [2.05, 4.69) is 47.1 Å². The van der Waals surface area contributed by atoms with Gasteiger partial charge in [0.2, 0.25) is 0 Å². The molecule has 0 radical (unpaired) electrons. The second kappa shape index (κ2) is 3.43. The van der Waals surface area contributed by atoms with Crippen molar-refractivity contribution in [1.82, 2.24) is 0 Å². The van der Waals surface area contributed by atoms with Crippen LogP contribution in [0.25, 0.3) is 0 Å². The molecule has 0 saturated heterocycles. The molecule has 0 heterocycles. The molecule has 1 aromatic rings. The summed E-state index contributed by atoms with van der Waals surface area (Å²) in [5.41, 5.74) is 7.28. The minimum Gasteiger partial charge on any atom is -0.328 e. The van der Waals surface area contributed by atoms with Gasteiger partial charge in [-0.15, -0.1) is 0 Å². The molecule has 2 N–H and O–H groups in total. The normalized spacial score (nSPS) is 28.5. The van der Waals surface area contributed by atoms with Crippen LogP contribution in [-0.2, 0) is 0 Å². The molecule has 0 aliphatic heterocycles. The molecule has 1 saturated carbocycles. The van der Waals surface area contributed by atoms with Crippen molar-refractivity contribution in [1.29, 1.82) is 0 Å². The van der Waals surface area contributed by atoms with E-state index in [1.54, 1.807) is 0 Å². The third kappa shape index (κ3) is 1.79. The zero-order valence-electron chi connectivity index (χ0n) is 7.70. The van der Waals surface area contributed by atoms with Crippen LogP contribution in [-0.4, -0.2) is 6.04 Å². The number of hydrogen-bond acceptors (Lipinski definition) is 1. The molecule has 2 rings (SSSR count). The first-order valence-electron chi connectivity index (χ1n) is 4.70. The van der Waals surface area contributed by atoms with E-state index in [0.717, 1.165) is 0 Å². The number of halogens is 1. The third-order valence-electron chi connectivity index (χ3n) is 2.82. The monoisotopic (exact) mass is 239 g/mol. The maximum atomic E-state index is 5.86. The van der Waals surface area contributed by atoms with Crippen molar-refractivity contribution < 1.29 is 0 Å². The minimum absolute atomic E-state index is 0.331. The van der Waals surface area contributed by atoms with Gasteiger partial charge in [0.15, 0.2) is 0 Å². The Kier molecular flexibility index (Phi) is 2.43. The fourth-order valence-electron chi connectivity index (χ4n) is 1.93. The second-order valence-electron chi connectivity index (χ2n) is 3.89. The minimum atomic E-state index is 0.331. The number of benzene rings is 1. The lowest BCUT2D eigenvalue weighted by atomic mass is 10.1. The first-order valence-corrected chi connectivity index (χ1v) is 5.49. The van der Waals surface area contributed by atoms with Crippen molar-refractivity contribution in [3.8, 4) is 0 Å². The lowest BCUT2D eigenvalue weighted by molar-refractivity contribution is 0.631. The highest BCUT2D eigenvalue weighted by Gasteiger charge is 2.41. The largest absolute Gasteiger partial charge is 0.328 e. The van der Waals surface area contributed by atoms with Crippen LogP contribution in [0, 0.1) is 5.92 Å². The van der Waals surface area contributed by atoms with Gasteiger partial charge in [-0.05, 0) is 36.8 Å². The predicted octanol–water partition coefficient (Wildman–Crippen LogP) is 2.90. The van der Waals surface area contributed by atoms with Crippen molar-refractivity contribution in [3.63, 3.8) is 0 Å². The Bertz CT molecular complexity index is 309. The fraction of sp³-hybridized carbons (Fsp3) is 0.455. The smallest absolute Gasteiger partial charge is 0.0210 e. The second-order valence-corrected chi connectivity index (χ2v) is 4.74. The first kappa shape index (κ1) is 9.22. The Hall–Kier alpha value is -0.340. The van der Waals surface area contributed by atoms with Gasteiger partial charge in [-0.1, -0.05) is 34.1 Å². The van der Waals surface area contributed by atoms with Gasteiger partial charge in [-0.2, -0.15) is 0 Å². The molecule has 13 heavy (non-hydrogen) atoms. The fourth-order valence-corrected chi connectivity index (χ4v) is 2.51. The molecular weight excluding hydrogens is 226 g/mol. The summed E-state index contributed by atoms with van der Waals surface area (Å²) in [6.07, 6.45) is 1.25. The molecule has 0 bridgehead atoms. The van der Waals surface area contributed by atoms with E-state index < -0.39 is 0 Å². The molecule has 1 aliphatic carbocycles. The van der Waals surface area contributed by atoms with Gasteiger partial charge in [0.25, 0.3) is 0 Å². The summed E-state index contributed by atoms with van der Waals surface area (Å²) in [5.74, 6) is 1.38. The van der Waals surface area contributed by atoms with Crippen LogP contribution in [0.2, 0.25) is 0 Å². The lowest BCUT2D eigenvalue weighted by Gasteiger charge is -2.05. The molecular formula is C11H14BrN. The summed E-state index contributed by atoms with van der Waals surface area (Å²) >= 11 is 3.57. The van der Waals surface area contributed by atoms with Crippen LogP contribution in [0.15, 0.2) is 28.7 Å². The average Bonchev–Trinajstić information content (AvgIpc) is 2.84. The molecule has 0 spiro atoms. The van der Waals surface area contributed by atoms with Crippen LogP contribution in [0.1, 0.15) is 24.8 Å². The Morgan fingerprint density at radius 3 is 2.69 bits per heavy atom. The van der Waals surface area contributed by atoms with Gasteiger partial charge in [0.1, 0.15) is 0 Å². The van der Waals surface area contributed by atoms with E-state index in [0.29, 0.717) is 17.9 Å². The van der Waals surface area contributed by atoms with Crippen LogP contribution in [0.3, 0.4) is 0 Å². The highest BCUT2D eigenvalue weighted by molar-refractivity contribution is 9.10. The van der Waals surface area contributed by atoms with Crippen molar-refractivity contribution >= 4 is 15.9 Å². The molecule has 0 aromatic heterocycles. The standard InChI is InChI=1S/C11H14BrN/c1-7(13)9-6-10(9)8-4-2-3-5-11(8)12/h2-5,7,9-10H,6,13H2,1H3/t7-,9-,10-/m0/s1. The van der Waals surface area contributed by atoms with Crippen LogP contribution >= 0.6 is 15.9 Å². The van der Waals surface area contributed by atoms with Crippen LogP contribution in [0.4, 0.5) is 0 Å². The highest BCUT2D eigenvalue weighted by atomic mass is 79.9. The Labute approximate surface area is 87.5 Å². The first-order chi connectivity index (χ1) is 6.20. The van der Waals surface area contributed by atoms with Gasteiger partial charge in [-0.3, -0.25) is 0 Å². The summed E-state index contributed by atoms with van der Waals surface area (Å²) in [6, 6.07) is 8.77. The highest BCUT2D eigenvalue weighted by Crippen LogP contribution is 2.50. The van der Waals surface area contributed by atoms with E-state index in [4.69, 9.17) is 5.73 Å². The van der Waals surface area contributed by atoms with Gasteiger partial charge >= 0.3 is 0 Å². The molecule has 1 nitrogen and oxygen atoms in total. The molecule has 1 fully saturated rings. The van der Waals surface area contributed by atoms with Gasteiger partial charge in [-0.25, -0.2) is 0 Å². The van der Waals surface area contributed by atoms with Gasteiger partial charge in [0, 0.05) is 10.5 Å². The number of hydrogen-bond donors (Lipinski definition) is 1. The Balaban J connectivity index is 2.16. The van der Waals surface area contributed by atoms with E-state index in [1.807, 2.05) is 0 Å². The summed E-state index contributed by atoms with van der Waals surface area (Å²) in [5, 5.41) is 0. The maximum absolute atomic E-state index is 5.86. The molecule has 3 atom stereocenters. The zero-order valence-corrected chi connectivity index (χ0v) is 9.29. The van der Waals surface area contributed by atoms with E-state index in [-0.39, 0.29) is 0 Å². The quantitative estimate of drug-likeness (QED) is 0.845. The zero-order chi connectivity index (χ0) is 9.42. The molecule has 70 valence electrons. The predicted molar refractivity (Wildman–Crippen MR) is 58.6 cm³/mol. The van der Waals surface area contributed by atoms with Crippen molar-refractivity contribution in [2.24, 2.45) is 11.7 Å².